The van der Waals surface area contributed by atoms with E-state index in [1.54, 1.807) is 31.3 Å². The van der Waals surface area contributed by atoms with Crippen LogP contribution in [0.1, 0.15) is 39.1 Å². The highest BCUT2D eigenvalue weighted by molar-refractivity contribution is 7.89. The van der Waals surface area contributed by atoms with Crippen LogP contribution in [0.4, 0.5) is 0 Å². The van der Waals surface area contributed by atoms with E-state index in [0.717, 1.165) is 18.4 Å². The van der Waals surface area contributed by atoms with Crippen LogP contribution in [0.15, 0.2) is 53.4 Å². The van der Waals surface area contributed by atoms with Crippen molar-refractivity contribution in [1.82, 2.24) is 9.62 Å². The molecule has 0 spiro atoms. The van der Waals surface area contributed by atoms with Gasteiger partial charge in [-0.25, -0.2) is 17.9 Å². The molecular weight excluding hydrogens is 368 g/mol. The number of hydrogen-bond donors (Lipinski definition) is 2. The van der Waals surface area contributed by atoms with E-state index in [1.165, 1.54) is 29.2 Å². The van der Waals surface area contributed by atoms with Crippen LogP contribution in [0.25, 0.3) is 0 Å². The number of hydrogen-bond acceptors (Lipinski definition) is 4. The molecule has 2 aromatic carbocycles. The minimum absolute atomic E-state index is 0.00851. The lowest BCUT2D eigenvalue weighted by molar-refractivity contribution is 0.0695. The summed E-state index contributed by atoms with van der Waals surface area (Å²) >= 11 is 0. The number of carbonyl (C=O) groups is 2. The Morgan fingerprint density at radius 2 is 1.78 bits per heavy atom. The molecule has 0 unspecified atom stereocenters. The largest absolute Gasteiger partial charge is 0.478 e. The zero-order chi connectivity index (χ0) is 19.6. The molecule has 7 nitrogen and oxygen atoms in total. The molecule has 1 amide bonds. The molecule has 142 valence electrons. The fourth-order valence-corrected chi connectivity index (χ4v) is 3.95. The molecule has 27 heavy (non-hydrogen) atoms. The molecule has 2 aromatic rings. The Labute approximate surface area is 157 Å². The Kier molecular flexibility index (Phi) is 5.29. The van der Waals surface area contributed by atoms with Crippen molar-refractivity contribution in [2.24, 2.45) is 0 Å². The second kappa shape index (κ2) is 7.50. The van der Waals surface area contributed by atoms with Crippen LogP contribution in [-0.4, -0.2) is 43.4 Å². The minimum atomic E-state index is -3.63. The van der Waals surface area contributed by atoms with E-state index in [4.69, 9.17) is 5.11 Å². The number of aromatic carboxylic acids is 1. The summed E-state index contributed by atoms with van der Waals surface area (Å²) < 4.78 is 27.2. The molecule has 0 radical (unpaired) electrons. The van der Waals surface area contributed by atoms with Gasteiger partial charge in [-0.15, -0.1) is 0 Å². The van der Waals surface area contributed by atoms with Gasteiger partial charge in [-0.2, -0.15) is 0 Å². The number of carboxylic acid groups (broad SMARTS) is 1. The first kappa shape index (κ1) is 19.1. The van der Waals surface area contributed by atoms with E-state index < -0.39 is 16.0 Å². The van der Waals surface area contributed by atoms with Crippen molar-refractivity contribution in [2.45, 2.75) is 30.3 Å². The molecule has 1 saturated carbocycles. The third-order valence-corrected chi connectivity index (χ3v) is 5.78. The summed E-state index contributed by atoms with van der Waals surface area (Å²) in [6.07, 6.45) is 1.67. The highest BCUT2D eigenvalue weighted by atomic mass is 32.2. The molecule has 0 saturated heterocycles. The molecule has 1 fully saturated rings. The maximum atomic E-state index is 12.7. The van der Waals surface area contributed by atoms with Gasteiger partial charge in [-0.05, 0) is 48.7 Å². The summed E-state index contributed by atoms with van der Waals surface area (Å²) in [6.45, 7) is 0.274. The van der Waals surface area contributed by atoms with Gasteiger partial charge >= 0.3 is 5.97 Å². The zero-order valence-electron chi connectivity index (χ0n) is 14.8. The quantitative estimate of drug-likeness (QED) is 0.756. The average Bonchev–Trinajstić information content (AvgIpc) is 3.45. The smallest absolute Gasteiger partial charge is 0.335 e. The summed E-state index contributed by atoms with van der Waals surface area (Å²) in [7, 11) is -2.02. The molecule has 0 aliphatic heterocycles. The van der Waals surface area contributed by atoms with Gasteiger partial charge in [0.15, 0.2) is 0 Å². The minimum Gasteiger partial charge on any atom is -0.478 e. The van der Waals surface area contributed by atoms with Crippen molar-refractivity contribution in [1.29, 1.82) is 0 Å². The monoisotopic (exact) mass is 388 g/mol. The molecule has 2 N–H and O–H groups in total. The van der Waals surface area contributed by atoms with Crippen molar-refractivity contribution in [3.63, 3.8) is 0 Å². The molecule has 0 bridgehead atoms. The van der Waals surface area contributed by atoms with Crippen LogP contribution in [0, 0.1) is 0 Å². The van der Waals surface area contributed by atoms with Gasteiger partial charge in [-0.3, -0.25) is 4.79 Å². The van der Waals surface area contributed by atoms with Gasteiger partial charge in [0.2, 0.25) is 10.0 Å². The molecule has 1 aliphatic rings. The first-order chi connectivity index (χ1) is 12.8. The number of sulfonamides is 1. The molecule has 0 heterocycles. The van der Waals surface area contributed by atoms with Crippen molar-refractivity contribution < 1.29 is 23.1 Å². The number of carbonyl (C=O) groups excluding carboxylic acids is 1. The normalized spacial score (nSPS) is 14.0. The molecule has 0 aromatic heterocycles. The summed E-state index contributed by atoms with van der Waals surface area (Å²) in [5.74, 6) is -1.33. The van der Waals surface area contributed by atoms with E-state index in [2.05, 4.69) is 4.72 Å². The maximum Gasteiger partial charge on any atom is 0.335 e. The van der Waals surface area contributed by atoms with E-state index in [1.807, 2.05) is 0 Å². The summed E-state index contributed by atoms with van der Waals surface area (Å²) in [6, 6.07) is 12.2. The fourth-order valence-electron chi connectivity index (χ4n) is 2.60. The third-order valence-electron chi connectivity index (χ3n) is 4.26. The predicted molar refractivity (Wildman–Crippen MR) is 99.0 cm³/mol. The van der Waals surface area contributed by atoms with Gasteiger partial charge in [0.25, 0.3) is 5.91 Å². The zero-order valence-corrected chi connectivity index (χ0v) is 15.6. The Morgan fingerprint density at radius 3 is 2.37 bits per heavy atom. The van der Waals surface area contributed by atoms with Crippen LogP contribution in [0.3, 0.4) is 0 Å². The molecule has 8 heteroatoms. The van der Waals surface area contributed by atoms with Gasteiger partial charge in [0.05, 0.1) is 10.5 Å². The number of nitrogens with one attached hydrogen (secondary N) is 1. The standard InChI is InChI=1S/C19H20N2O5S/c1-21(12-13-5-7-14(8-6-13)19(23)24)18(22)15-3-2-4-17(11-15)27(25,26)20-16-9-10-16/h2-8,11,16,20H,9-10,12H2,1H3,(H,23,24). The van der Waals surface area contributed by atoms with Gasteiger partial charge in [0, 0.05) is 25.2 Å². The summed E-state index contributed by atoms with van der Waals surface area (Å²) in [4.78, 5) is 25.1. The Morgan fingerprint density at radius 1 is 1.11 bits per heavy atom. The van der Waals surface area contributed by atoms with Crippen molar-refractivity contribution >= 4 is 21.9 Å². The third kappa shape index (κ3) is 4.72. The van der Waals surface area contributed by atoms with E-state index in [0.29, 0.717) is 0 Å². The molecule has 3 rings (SSSR count). The summed E-state index contributed by atoms with van der Waals surface area (Å²) in [5.41, 5.74) is 1.22. The first-order valence-electron chi connectivity index (χ1n) is 8.46. The highest BCUT2D eigenvalue weighted by Crippen LogP contribution is 2.22. The fraction of sp³-hybridized carbons (Fsp3) is 0.263. The van der Waals surface area contributed by atoms with Gasteiger partial charge in [-0.1, -0.05) is 18.2 Å². The van der Waals surface area contributed by atoms with Gasteiger partial charge in [0.1, 0.15) is 0 Å². The lowest BCUT2D eigenvalue weighted by Gasteiger charge is -2.18. The maximum absolute atomic E-state index is 12.7. The number of benzene rings is 2. The number of nitrogens with zero attached hydrogens (tertiary/aromatic N) is 1. The second-order valence-electron chi connectivity index (χ2n) is 6.59. The number of carboxylic acids is 1. The predicted octanol–water partition coefficient (Wildman–Crippen LogP) is 2.10. The lowest BCUT2D eigenvalue weighted by Crippen LogP contribution is -2.28. The SMILES string of the molecule is CN(Cc1ccc(C(=O)O)cc1)C(=O)c1cccc(S(=O)(=O)NC2CC2)c1. The molecule has 1 aliphatic carbocycles. The lowest BCUT2D eigenvalue weighted by atomic mass is 10.1. The van der Waals surface area contributed by atoms with Crippen LogP contribution in [0.5, 0.6) is 0 Å². The number of amides is 1. The van der Waals surface area contributed by atoms with Crippen LogP contribution in [0.2, 0.25) is 0 Å². The Balaban J connectivity index is 1.72. The van der Waals surface area contributed by atoms with Crippen LogP contribution in [-0.2, 0) is 16.6 Å². The van der Waals surface area contributed by atoms with Gasteiger partial charge < -0.3 is 10.0 Å². The molecular formula is C19H20N2O5S. The van der Waals surface area contributed by atoms with Crippen LogP contribution >= 0.6 is 0 Å². The van der Waals surface area contributed by atoms with E-state index in [9.17, 15) is 18.0 Å². The molecule has 0 atom stereocenters. The Hall–Kier alpha value is -2.71. The average molecular weight is 388 g/mol. The van der Waals surface area contributed by atoms with Crippen LogP contribution < -0.4 is 4.72 Å². The highest BCUT2D eigenvalue weighted by Gasteiger charge is 2.28. The summed E-state index contributed by atoms with van der Waals surface area (Å²) in [5, 5.41) is 8.93. The van der Waals surface area contributed by atoms with Crippen molar-refractivity contribution in [3.05, 3.63) is 65.2 Å². The second-order valence-corrected chi connectivity index (χ2v) is 8.30. The van der Waals surface area contributed by atoms with Crippen molar-refractivity contribution in [3.8, 4) is 0 Å². The first-order valence-corrected chi connectivity index (χ1v) is 9.95. The Bertz CT molecular complexity index is 966. The van der Waals surface area contributed by atoms with E-state index in [-0.39, 0.29) is 34.5 Å². The van der Waals surface area contributed by atoms with Crippen molar-refractivity contribution in [2.75, 3.05) is 7.05 Å². The number of rotatable bonds is 7. The van der Waals surface area contributed by atoms with E-state index >= 15 is 0 Å². The topological polar surface area (TPSA) is 104 Å².